The minimum Gasteiger partial charge on any atom is -0.379 e. The third-order valence-electron chi connectivity index (χ3n) is 3.38. The summed E-state index contributed by atoms with van der Waals surface area (Å²) in [5, 5.41) is 3.24. The maximum Gasteiger partial charge on any atom is 0.263 e. The van der Waals surface area contributed by atoms with Gasteiger partial charge in [-0.15, -0.1) is 0 Å². The van der Waals surface area contributed by atoms with Crippen LogP contribution in [0.3, 0.4) is 0 Å². The van der Waals surface area contributed by atoms with E-state index < -0.39 is 10.0 Å². The lowest BCUT2D eigenvalue weighted by Gasteiger charge is -2.26. The van der Waals surface area contributed by atoms with Crippen LogP contribution < -0.4 is 5.32 Å². The number of nitrogens with one attached hydrogen (secondary N) is 1. The van der Waals surface area contributed by atoms with Crippen LogP contribution in [-0.2, 0) is 14.8 Å². The van der Waals surface area contributed by atoms with Gasteiger partial charge < -0.3 is 10.1 Å². The molecule has 0 radical (unpaired) electrons. The summed E-state index contributed by atoms with van der Waals surface area (Å²) in [5.41, 5.74) is 0.611. The summed E-state index contributed by atoms with van der Waals surface area (Å²) in [6.45, 7) is 4.10. The fraction of sp³-hybridized carbons (Fsp3) is 0.462. The van der Waals surface area contributed by atoms with Crippen LogP contribution in [0, 0.1) is 0 Å². The molecule has 0 aliphatic carbocycles. The Balaban J connectivity index is 2.15. The number of aromatic nitrogens is 2. The summed E-state index contributed by atoms with van der Waals surface area (Å²) < 4.78 is 34.2. The molecule has 2 aromatic heterocycles. The monoisotopic (exact) mass is 310 g/mol. The van der Waals surface area contributed by atoms with Gasteiger partial charge in [0.2, 0.25) is 0 Å². The lowest BCUT2D eigenvalue weighted by atomic mass is 10.5. The molecule has 21 heavy (non-hydrogen) atoms. The largest absolute Gasteiger partial charge is 0.379 e. The molecular weight excluding hydrogens is 292 g/mol. The third-order valence-corrected chi connectivity index (χ3v) is 5.31. The number of ether oxygens (including phenoxy) is 1. The first-order valence-electron chi connectivity index (χ1n) is 6.93. The Morgan fingerprint density at radius 1 is 1.33 bits per heavy atom. The van der Waals surface area contributed by atoms with Crippen molar-refractivity contribution in [1.29, 1.82) is 0 Å². The van der Waals surface area contributed by atoms with Crippen LogP contribution in [0.4, 0.5) is 5.82 Å². The number of imidazole rings is 1. The van der Waals surface area contributed by atoms with Crippen molar-refractivity contribution in [2.45, 2.75) is 11.9 Å². The normalized spacial score (nSPS) is 17.2. The molecule has 0 spiro atoms. The number of hydrogen-bond donors (Lipinski definition) is 1. The number of rotatable bonds is 4. The van der Waals surface area contributed by atoms with Gasteiger partial charge in [-0.1, -0.05) is 6.07 Å². The number of morpholine rings is 1. The quantitative estimate of drug-likeness (QED) is 0.903. The summed E-state index contributed by atoms with van der Waals surface area (Å²) in [4.78, 5) is 4.38. The van der Waals surface area contributed by atoms with Crippen LogP contribution in [0.5, 0.6) is 0 Å². The highest BCUT2D eigenvalue weighted by Crippen LogP contribution is 2.26. The summed E-state index contributed by atoms with van der Waals surface area (Å²) in [5.74, 6) is 0.398. The van der Waals surface area contributed by atoms with Gasteiger partial charge >= 0.3 is 0 Å². The van der Waals surface area contributed by atoms with Gasteiger partial charge in [0.25, 0.3) is 10.0 Å². The van der Waals surface area contributed by atoms with Crippen molar-refractivity contribution in [3.05, 3.63) is 24.4 Å². The van der Waals surface area contributed by atoms with Gasteiger partial charge in [0.05, 0.1) is 13.2 Å². The molecule has 7 nitrogen and oxygen atoms in total. The van der Waals surface area contributed by atoms with Crippen LogP contribution in [0.2, 0.25) is 0 Å². The highest BCUT2D eigenvalue weighted by Gasteiger charge is 2.32. The van der Waals surface area contributed by atoms with Crippen molar-refractivity contribution >= 4 is 21.5 Å². The molecule has 1 aliphatic rings. The molecule has 0 unspecified atom stereocenters. The van der Waals surface area contributed by atoms with Crippen LogP contribution in [0.25, 0.3) is 5.65 Å². The summed E-state index contributed by atoms with van der Waals surface area (Å²) in [6.07, 6.45) is 1.72. The van der Waals surface area contributed by atoms with E-state index in [1.54, 1.807) is 22.7 Å². The fourth-order valence-corrected chi connectivity index (χ4v) is 4.05. The van der Waals surface area contributed by atoms with Gasteiger partial charge in [-0.05, 0) is 19.1 Å². The maximum absolute atomic E-state index is 12.9. The zero-order valence-corrected chi connectivity index (χ0v) is 12.6. The van der Waals surface area contributed by atoms with E-state index in [1.807, 2.05) is 13.0 Å². The van der Waals surface area contributed by atoms with Gasteiger partial charge in [0.15, 0.2) is 10.8 Å². The van der Waals surface area contributed by atoms with E-state index >= 15 is 0 Å². The minimum atomic E-state index is -3.61. The van der Waals surface area contributed by atoms with E-state index in [-0.39, 0.29) is 5.03 Å². The Bertz CT molecular complexity index is 735. The molecule has 2 aromatic rings. The molecule has 0 saturated carbocycles. The zero-order valence-electron chi connectivity index (χ0n) is 11.8. The predicted octanol–water partition coefficient (Wildman–Crippen LogP) is 0.787. The summed E-state index contributed by atoms with van der Waals surface area (Å²) in [6, 6.07) is 5.42. The number of pyridine rings is 1. The Hall–Kier alpha value is -1.64. The van der Waals surface area contributed by atoms with Gasteiger partial charge in [-0.2, -0.15) is 4.31 Å². The molecule has 114 valence electrons. The Kier molecular flexibility index (Phi) is 3.83. The van der Waals surface area contributed by atoms with E-state index in [2.05, 4.69) is 10.3 Å². The SMILES string of the molecule is CCNc1nc2ccccn2c1S(=O)(=O)N1CCOCC1. The van der Waals surface area contributed by atoms with Crippen molar-refractivity contribution in [2.24, 2.45) is 0 Å². The Labute approximate surface area is 123 Å². The number of hydrogen-bond acceptors (Lipinski definition) is 5. The first kappa shape index (κ1) is 14.3. The second-order valence-corrected chi connectivity index (χ2v) is 6.59. The molecule has 8 heteroatoms. The van der Waals surface area contributed by atoms with E-state index in [4.69, 9.17) is 4.74 Å². The zero-order chi connectivity index (χ0) is 14.9. The van der Waals surface area contributed by atoms with Crippen molar-refractivity contribution in [3.63, 3.8) is 0 Å². The van der Waals surface area contributed by atoms with Crippen LogP contribution >= 0.6 is 0 Å². The maximum atomic E-state index is 12.9. The molecule has 3 rings (SSSR count). The molecule has 1 saturated heterocycles. The molecule has 1 aliphatic heterocycles. The average Bonchev–Trinajstić information content (AvgIpc) is 2.87. The lowest BCUT2D eigenvalue weighted by Crippen LogP contribution is -2.41. The molecule has 1 fully saturated rings. The number of anilines is 1. The molecule has 0 amide bonds. The molecule has 0 atom stereocenters. The van der Waals surface area contributed by atoms with E-state index in [0.29, 0.717) is 44.3 Å². The molecule has 1 N–H and O–H groups in total. The first-order chi connectivity index (χ1) is 10.1. The minimum absolute atomic E-state index is 0.196. The lowest BCUT2D eigenvalue weighted by molar-refractivity contribution is 0.0729. The van der Waals surface area contributed by atoms with Gasteiger partial charge in [-0.3, -0.25) is 4.40 Å². The second kappa shape index (κ2) is 5.63. The number of nitrogens with zero attached hydrogens (tertiary/aromatic N) is 3. The molecular formula is C13H18N4O3S. The Morgan fingerprint density at radius 3 is 2.81 bits per heavy atom. The summed E-state index contributed by atoms with van der Waals surface area (Å²) in [7, 11) is -3.61. The van der Waals surface area contributed by atoms with Crippen molar-refractivity contribution in [1.82, 2.24) is 13.7 Å². The number of fused-ring (bicyclic) bond motifs is 1. The van der Waals surface area contributed by atoms with Crippen molar-refractivity contribution in [2.75, 3.05) is 38.2 Å². The summed E-state index contributed by atoms with van der Waals surface area (Å²) >= 11 is 0. The van der Waals surface area contributed by atoms with Crippen LogP contribution in [0.15, 0.2) is 29.4 Å². The fourth-order valence-electron chi connectivity index (χ4n) is 2.41. The van der Waals surface area contributed by atoms with Gasteiger partial charge in [-0.25, -0.2) is 13.4 Å². The van der Waals surface area contributed by atoms with E-state index in [0.717, 1.165) is 0 Å². The predicted molar refractivity (Wildman–Crippen MR) is 78.9 cm³/mol. The molecule has 3 heterocycles. The van der Waals surface area contributed by atoms with Gasteiger partial charge in [0, 0.05) is 25.8 Å². The van der Waals surface area contributed by atoms with Gasteiger partial charge in [0.1, 0.15) is 5.65 Å². The van der Waals surface area contributed by atoms with Crippen molar-refractivity contribution in [3.8, 4) is 0 Å². The Morgan fingerprint density at radius 2 is 2.10 bits per heavy atom. The van der Waals surface area contributed by atoms with E-state index in [9.17, 15) is 8.42 Å². The van der Waals surface area contributed by atoms with Crippen LogP contribution in [0.1, 0.15) is 6.92 Å². The second-order valence-electron chi connectivity index (χ2n) is 4.74. The third kappa shape index (κ3) is 2.50. The first-order valence-corrected chi connectivity index (χ1v) is 8.37. The van der Waals surface area contributed by atoms with Crippen molar-refractivity contribution < 1.29 is 13.2 Å². The highest BCUT2D eigenvalue weighted by molar-refractivity contribution is 7.89. The molecule has 0 aromatic carbocycles. The smallest absolute Gasteiger partial charge is 0.263 e. The van der Waals surface area contributed by atoms with E-state index in [1.165, 1.54) is 4.31 Å². The topological polar surface area (TPSA) is 75.9 Å². The highest BCUT2D eigenvalue weighted by atomic mass is 32.2. The molecule has 0 bridgehead atoms. The van der Waals surface area contributed by atoms with Crippen LogP contribution in [-0.4, -0.2) is 55.0 Å². The number of sulfonamides is 1. The standard InChI is InChI=1S/C13H18N4O3S/c1-2-14-12-13(17-6-4-3-5-11(17)15-12)21(18,19)16-7-9-20-10-8-16/h3-6,14H,2,7-10H2,1H3. The average molecular weight is 310 g/mol.